The number of amides is 1. The zero-order chi connectivity index (χ0) is 13.9. The molecule has 0 aromatic heterocycles. The molecular weight excluding hydrogens is 305 g/mol. The zero-order valence-electron chi connectivity index (χ0n) is 9.91. The minimum absolute atomic E-state index is 0.176. The number of nitrogens with one attached hydrogen (secondary N) is 1. The molecule has 0 spiro atoms. The fourth-order valence-electron chi connectivity index (χ4n) is 1.41. The van der Waals surface area contributed by atoms with Gasteiger partial charge < -0.3 is 10.4 Å². The van der Waals surface area contributed by atoms with Gasteiger partial charge in [-0.25, -0.2) is 9.18 Å². The van der Waals surface area contributed by atoms with Gasteiger partial charge in [0.25, 0.3) is 5.91 Å². The van der Waals surface area contributed by atoms with Gasteiger partial charge in [-0.3, -0.25) is 4.79 Å². The van der Waals surface area contributed by atoms with Gasteiger partial charge in [0.15, 0.2) is 0 Å². The van der Waals surface area contributed by atoms with E-state index in [4.69, 9.17) is 5.11 Å². The number of carbonyl (C=O) groups is 2. The molecule has 0 heterocycles. The van der Waals surface area contributed by atoms with E-state index >= 15 is 0 Å². The van der Waals surface area contributed by atoms with E-state index in [1.54, 1.807) is 13.8 Å². The van der Waals surface area contributed by atoms with E-state index in [0.717, 1.165) is 6.07 Å². The van der Waals surface area contributed by atoms with Crippen molar-refractivity contribution in [1.29, 1.82) is 0 Å². The molecule has 18 heavy (non-hydrogen) atoms. The normalized spacial score (nSPS) is 12.3. The highest BCUT2D eigenvalue weighted by molar-refractivity contribution is 9.10. The van der Waals surface area contributed by atoms with Crippen LogP contribution in [0.15, 0.2) is 22.7 Å². The van der Waals surface area contributed by atoms with Crippen LogP contribution in [0.5, 0.6) is 0 Å². The van der Waals surface area contributed by atoms with Crippen molar-refractivity contribution in [2.24, 2.45) is 5.92 Å². The molecule has 98 valence electrons. The SMILES string of the molecule is CC(C)[C@H](NC(=O)c1ccc(Br)cc1F)C(=O)O. The van der Waals surface area contributed by atoms with E-state index in [0.29, 0.717) is 4.47 Å². The van der Waals surface area contributed by atoms with Crippen LogP contribution in [0.2, 0.25) is 0 Å². The number of halogens is 2. The van der Waals surface area contributed by atoms with Crippen molar-refractivity contribution in [2.45, 2.75) is 19.9 Å². The summed E-state index contributed by atoms with van der Waals surface area (Å²) in [5, 5.41) is 11.2. The summed E-state index contributed by atoms with van der Waals surface area (Å²) in [5.74, 6) is -2.86. The average molecular weight is 318 g/mol. The summed E-state index contributed by atoms with van der Waals surface area (Å²) in [6, 6.07) is 2.93. The second-order valence-corrected chi connectivity index (χ2v) is 5.07. The van der Waals surface area contributed by atoms with Crippen LogP contribution in [0.1, 0.15) is 24.2 Å². The predicted octanol–water partition coefficient (Wildman–Crippen LogP) is 2.43. The molecule has 0 fully saturated rings. The van der Waals surface area contributed by atoms with E-state index in [-0.39, 0.29) is 11.5 Å². The van der Waals surface area contributed by atoms with E-state index in [9.17, 15) is 14.0 Å². The molecule has 1 atom stereocenters. The molecule has 0 bridgehead atoms. The third-order valence-electron chi connectivity index (χ3n) is 2.40. The fraction of sp³-hybridized carbons (Fsp3) is 0.333. The van der Waals surface area contributed by atoms with Crippen LogP contribution in [0.3, 0.4) is 0 Å². The fourth-order valence-corrected chi connectivity index (χ4v) is 1.74. The molecule has 1 rings (SSSR count). The Bertz CT molecular complexity index is 476. The summed E-state index contributed by atoms with van der Waals surface area (Å²) in [6.07, 6.45) is 0. The molecule has 0 radical (unpaired) electrons. The molecule has 0 aliphatic heterocycles. The summed E-state index contributed by atoms with van der Waals surface area (Å²) >= 11 is 3.08. The number of benzene rings is 1. The molecule has 2 N–H and O–H groups in total. The molecule has 0 saturated heterocycles. The molecule has 1 amide bonds. The topological polar surface area (TPSA) is 66.4 Å². The van der Waals surface area contributed by atoms with E-state index in [1.807, 2.05) is 0 Å². The lowest BCUT2D eigenvalue weighted by Crippen LogP contribution is -2.44. The summed E-state index contributed by atoms with van der Waals surface area (Å²) in [5.41, 5.74) is -0.176. The average Bonchev–Trinajstić information content (AvgIpc) is 2.24. The highest BCUT2D eigenvalue weighted by Crippen LogP contribution is 2.15. The highest BCUT2D eigenvalue weighted by Gasteiger charge is 2.25. The quantitative estimate of drug-likeness (QED) is 0.896. The second kappa shape index (κ2) is 5.95. The first-order valence-corrected chi connectivity index (χ1v) is 6.11. The van der Waals surface area contributed by atoms with Crippen molar-refractivity contribution in [3.63, 3.8) is 0 Å². The van der Waals surface area contributed by atoms with Crippen molar-refractivity contribution < 1.29 is 19.1 Å². The van der Waals surface area contributed by atoms with Gasteiger partial charge in [0.1, 0.15) is 11.9 Å². The first-order valence-electron chi connectivity index (χ1n) is 5.31. The second-order valence-electron chi connectivity index (χ2n) is 4.16. The molecule has 0 aliphatic rings. The Morgan fingerprint density at radius 3 is 2.44 bits per heavy atom. The Morgan fingerprint density at radius 1 is 1.39 bits per heavy atom. The van der Waals surface area contributed by atoms with Gasteiger partial charge in [0, 0.05) is 4.47 Å². The number of hydrogen-bond acceptors (Lipinski definition) is 2. The number of carboxylic acid groups (broad SMARTS) is 1. The molecule has 1 aromatic rings. The third-order valence-corrected chi connectivity index (χ3v) is 2.89. The summed E-state index contributed by atoms with van der Waals surface area (Å²) in [4.78, 5) is 22.7. The minimum atomic E-state index is -1.14. The van der Waals surface area contributed by atoms with Gasteiger partial charge in [-0.1, -0.05) is 29.8 Å². The van der Waals surface area contributed by atoms with E-state index < -0.39 is 23.7 Å². The Hall–Kier alpha value is -1.43. The lowest BCUT2D eigenvalue weighted by Gasteiger charge is -2.18. The Kier molecular flexibility index (Phi) is 4.84. The van der Waals surface area contributed by atoms with Gasteiger partial charge >= 0.3 is 5.97 Å². The largest absolute Gasteiger partial charge is 0.480 e. The summed E-state index contributed by atoms with van der Waals surface area (Å²) in [7, 11) is 0. The van der Waals surface area contributed by atoms with Crippen molar-refractivity contribution in [2.75, 3.05) is 0 Å². The van der Waals surface area contributed by atoms with Crippen molar-refractivity contribution in [3.05, 3.63) is 34.1 Å². The van der Waals surface area contributed by atoms with Crippen LogP contribution in [0.25, 0.3) is 0 Å². The molecule has 0 unspecified atom stereocenters. The molecule has 0 aliphatic carbocycles. The van der Waals surface area contributed by atoms with Crippen LogP contribution in [0, 0.1) is 11.7 Å². The molecule has 1 aromatic carbocycles. The monoisotopic (exact) mass is 317 g/mol. The maximum absolute atomic E-state index is 13.5. The Morgan fingerprint density at radius 2 is 2.00 bits per heavy atom. The first kappa shape index (κ1) is 14.6. The van der Waals surface area contributed by atoms with Crippen LogP contribution in [0.4, 0.5) is 4.39 Å². The Balaban J connectivity index is 2.91. The smallest absolute Gasteiger partial charge is 0.326 e. The van der Waals surface area contributed by atoms with Crippen LogP contribution < -0.4 is 5.32 Å². The lowest BCUT2D eigenvalue weighted by atomic mass is 10.0. The summed E-state index contributed by atoms with van der Waals surface area (Å²) in [6.45, 7) is 3.33. The van der Waals surface area contributed by atoms with Crippen LogP contribution in [-0.4, -0.2) is 23.0 Å². The zero-order valence-corrected chi connectivity index (χ0v) is 11.5. The van der Waals surface area contributed by atoms with Crippen LogP contribution >= 0.6 is 15.9 Å². The minimum Gasteiger partial charge on any atom is -0.480 e. The maximum Gasteiger partial charge on any atom is 0.326 e. The standard InChI is InChI=1S/C12H13BrFNO3/c1-6(2)10(12(17)18)15-11(16)8-4-3-7(13)5-9(8)14/h3-6,10H,1-2H3,(H,15,16)(H,17,18)/t10-/m0/s1. The highest BCUT2D eigenvalue weighted by atomic mass is 79.9. The summed E-state index contributed by atoms with van der Waals surface area (Å²) < 4.78 is 14.0. The van der Waals surface area contributed by atoms with Gasteiger partial charge in [0.2, 0.25) is 0 Å². The van der Waals surface area contributed by atoms with Crippen molar-refractivity contribution >= 4 is 27.8 Å². The van der Waals surface area contributed by atoms with Crippen LogP contribution in [-0.2, 0) is 4.79 Å². The van der Waals surface area contributed by atoms with E-state index in [2.05, 4.69) is 21.2 Å². The van der Waals surface area contributed by atoms with Gasteiger partial charge in [0.05, 0.1) is 5.56 Å². The number of rotatable bonds is 4. The number of aliphatic carboxylic acids is 1. The number of hydrogen-bond donors (Lipinski definition) is 2. The van der Waals surface area contributed by atoms with Gasteiger partial charge in [-0.2, -0.15) is 0 Å². The first-order chi connectivity index (χ1) is 8.32. The molecule has 6 heteroatoms. The molecular formula is C12H13BrFNO3. The third kappa shape index (κ3) is 3.53. The predicted molar refractivity (Wildman–Crippen MR) is 67.8 cm³/mol. The van der Waals surface area contributed by atoms with Crippen molar-refractivity contribution in [3.8, 4) is 0 Å². The van der Waals surface area contributed by atoms with Gasteiger partial charge in [-0.15, -0.1) is 0 Å². The molecule has 4 nitrogen and oxygen atoms in total. The van der Waals surface area contributed by atoms with Gasteiger partial charge in [-0.05, 0) is 24.1 Å². The Labute approximate surface area is 112 Å². The number of carboxylic acids is 1. The van der Waals surface area contributed by atoms with Crippen molar-refractivity contribution in [1.82, 2.24) is 5.32 Å². The molecule has 0 saturated carbocycles. The lowest BCUT2D eigenvalue weighted by molar-refractivity contribution is -0.140. The maximum atomic E-state index is 13.5. The van der Waals surface area contributed by atoms with E-state index in [1.165, 1.54) is 12.1 Å². The number of carbonyl (C=O) groups excluding carboxylic acids is 1.